The molecule has 4 aliphatic carbocycles. The van der Waals surface area contributed by atoms with E-state index < -0.39 is 8.32 Å². The predicted molar refractivity (Wildman–Crippen MR) is 119 cm³/mol. The van der Waals surface area contributed by atoms with Gasteiger partial charge in [-0.2, -0.15) is 0 Å². The Kier molecular flexibility index (Phi) is 3.87. The standard InChI is InChI=1S/C25H44O3Si/c1-20(2,3)29(8,9)28-25-13-12-21(4)16(23(25,6)15-25)10-11-22(5)17(21)14-18-24(7,27-18)19(22)26/h16-19,26H,10-15H2,1-9H3/t16-,17-,18+,19+,21+,22-,23+,24+,25-/m1/s1. The topological polar surface area (TPSA) is 42.0 Å². The number of hydrogen-bond acceptors (Lipinski definition) is 3. The molecule has 0 amide bonds. The zero-order valence-corrected chi connectivity index (χ0v) is 21.3. The zero-order valence-electron chi connectivity index (χ0n) is 20.3. The number of hydrogen-bond donors (Lipinski definition) is 1. The minimum Gasteiger partial charge on any atom is -0.411 e. The predicted octanol–water partition coefficient (Wildman–Crippen LogP) is 5.91. The molecule has 0 aromatic heterocycles. The summed E-state index contributed by atoms with van der Waals surface area (Å²) in [5, 5.41) is 11.6. The van der Waals surface area contributed by atoms with Crippen molar-refractivity contribution < 1.29 is 14.3 Å². The van der Waals surface area contributed by atoms with E-state index in [1.165, 1.54) is 25.7 Å². The molecule has 9 atom stereocenters. The highest BCUT2D eigenvalue weighted by molar-refractivity contribution is 6.74. The van der Waals surface area contributed by atoms with Crippen LogP contribution in [0.15, 0.2) is 0 Å². The van der Waals surface area contributed by atoms with Crippen LogP contribution in [-0.2, 0) is 9.16 Å². The fourth-order valence-electron chi connectivity index (χ4n) is 8.56. The third-order valence-corrected chi connectivity index (χ3v) is 16.1. The van der Waals surface area contributed by atoms with Crippen LogP contribution < -0.4 is 0 Å². The van der Waals surface area contributed by atoms with Gasteiger partial charge in [0.05, 0.1) is 17.8 Å². The number of fused-ring (bicyclic) bond motifs is 6. The Morgan fingerprint density at radius 3 is 2.24 bits per heavy atom. The van der Waals surface area contributed by atoms with Gasteiger partial charge >= 0.3 is 0 Å². The van der Waals surface area contributed by atoms with E-state index in [4.69, 9.17) is 9.16 Å². The van der Waals surface area contributed by atoms with E-state index in [9.17, 15) is 5.11 Å². The van der Waals surface area contributed by atoms with Crippen LogP contribution in [0, 0.1) is 28.1 Å². The summed E-state index contributed by atoms with van der Waals surface area (Å²) < 4.78 is 13.3. The normalized spacial score (nSPS) is 58.6. The molecule has 166 valence electrons. The average molecular weight is 421 g/mol. The summed E-state index contributed by atoms with van der Waals surface area (Å²) in [5.74, 6) is 1.27. The Morgan fingerprint density at radius 2 is 1.62 bits per heavy atom. The van der Waals surface area contributed by atoms with Crippen molar-refractivity contribution in [3.63, 3.8) is 0 Å². The van der Waals surface area contributed by atoms with Gasteiger partial charge in [0.2, 0.25) is 0 Å². The summed E-state index contributed by atoms with van der Waals surface area (Å²) in [7, 11) is -1.79. The van der Waals surface area contributed by atoms with Gasteiger partial charge < -0.3 is 14.3 Å². The quantitative estimate of drug-likeness (QED) is 0.446. The second-order valence-corrected chi connectivity index (χ2v) is 18.8. The molecule has 0 radical (unpaired) electrons. The average Bonchev–Trinajstić information content (AvgIpc) is 3.42. The molecule has 5 fully saturated rings. The lowest BCUT2D eigenvalue weighted by Crippen LogP contribution is -2.63. The Balaban J connectivity index is 1.45. The van der Waals surface area contributed by atoms with Crippen molar-refractivity contribution in [1.29, 1.82) is 0 Å². The fraction of sp³-hybridized carbons (Fsp3) is 1.00. The molecule has 0 bridgehead atoms. The van der Waals surface area contributed by atoms with Gasteiger partial charge in [-0.25, -0.2) is 0 Å². The Labute approximate surface area is 179 Å². The van der Waals surface area contributed by atoms with E-state index in [2.05, 4.69) is 61.6 Å². The lowest BCUT2D eigenvalue weighted by Gasteiger charge is -2.63. The molecule has 1 heterocycles. The van der Waals surface area contributed by atoms with Crippen molar-refractivity contribution in [2.24, 2.45) is 28.1 Å². The maximum Gasteiger partial charge on any atom is 0.192 e. The molecule has 1 saturated heterocycles. The first-order chi connectivity index (χ1) is 13.1. The SMILES string of the molecule is CC(C)(C)[Si](C)(C)O[C@@]12CC[C@]3(C)[C@H]4C[C@@H]5O[C@]5(C)[C@@H](O)[C@]4(C)CC[C@H]3[C@]1(C)C2. The Hall–Kier alpha value is 0.0969. The number of aliphatic hydroxyl groups excluding tert-OH is 1. The van der Waals surface area contributed by atoms with Gasteiger partial charge in [0, 0.05) is 5.41 Å². The molecule has 4 saturated carbocycles. The largest absolute Gasteiger partial charge is 0.411 e. The maximum atomic E-state index is 11.3. The van der Waals surface area contributed by atoms with Gasteiger partial charge in [0.1, 0.15) is 5.60 Å². The first-order valence-electron chi connectivity index (χ1n) is 12.1. The maximum absolute atomic E-state index is 11.3. The number of epoxide rings is 1. The van der Waals surface area contributed by atoms with E-state index >= 15 is 0 Å². The van der Waals surface area contributed by atoms with Crippen LogP contribution in [0.4, 0.5) is 0 Å². The van der Waals surface area contributed by atoms with Crippen molar-refractivity contribution in [2.45, 2.75) is 129 Å². The fourth-order valence-corrected chi connectivity index (χ4v) is 10.3. The van der Waals surface area contributed by atoms with Crippen LogP contribution in [0.25, 0.3) is 0 Å². The van der Waals surface area contributed by atoms with Crippen molar-refractivity contribution in [3.05, 3.63) is 0 Å². The van der Waals surface area contributed by atoms with Gasteiger partial charge in [-0.3, -0.25) is 0 Å². The summed E-state index contributed by atoms with van der Waals surface area (Å²) in [6.45, 7) is 21.6. The Bertz CT molecular complexity index is 745. The van der Waals surface area contributed by atoms with Gasteiger partial charge in [-0.05, 0) is 86.2 Å². The minimum absolute atomic E-state index is 0.00145. The van der Waals surface area contributed by atoms with Gasteiger partial charge in [-0.1, -0.05) is 41.5 Å². The van der Waals surface area contributed by atoms with Crippen LogP contribution in [-0.4, -0.2) is 36.8 Å². The van der Waals surface area contributed by atoms with E-state index in [0.29, 0.717) is 22.7 Å². The van der Waals surface area contributed by atoms with E-state index in [1.807, 2.05) is 0 Å². The van der Waals surface area contributed by atoms with Crippen LogP contribution >= 0.6 is 0 Å². The summed E-state index contributed by atoms with van der Waals surface area (Å²) in [5.41, 5.74) is 0.450. The van der Waals surface area contributed by atoms with E-state index in [0.717, 1.165) is 12.8 Å². The monoisotopic (exact) mass is 420 g/mol. The molecule has 0 aromatic rings. The van der Waals surface area contributed by atoms with Gasteiger partial charge in [-0.15, -0.1) is 0 Å². The van der Waals surface area contributed by atoms with Crippen LogP contribution in [0.3, 0.4) is 0 Å². The number of rotatable bonds is 2. The molecule has 29 heavy (non-hydrogen) atoms. The van der Waals surface area contributed by atoms with Crippen LogP contribution in [0.1, 0.15) is 87.0 Å². The van der Waals surface area contributed by atoms with E-state index in [-0.39, 0.29) is 33.9 Å². The zero-order chi connectivity index (χ0) is 21.5. The number of ether oxygens (including phenoxy) is 1. The van der Waals surface area contributed by atoms with Crippen molar-refractivity contribution in [3.8, 4) is 0 Å². The highest BCUT2D eigenvalue weighted by atomic mass is 28.4. The Morgan fingerprint density at radius 1 is 0.966 bits per heavy atom. The molecular weight excluding hydrogens is 376 g/mol. The van der Waals surface area contributed by atoms with Crippen molar-refractivity contribution in [2.75, 3.05) is 0 Å². The molecular formula is C25H44O3Si. The van der Waals surface area contributed by atoms with Crippen molar-refractivity contribution in [1.82, 2.24) is 0 Å². The lowest BCUT2D eigenvalue weighted by atomic mass is 9.42. The summed E-state index contributed by atoms with van der Waals surface area (Å²) in [6.07, 6.45) is 7.16. The van der Waals surface area contributed by atoms with Crippen LogP contribution in [0.2, 0.25) is 18.1 Å². The smallest absolute Gasteiger partial charge is 0.192 e. The third-order valence-electron chi connectivity index (χ3n) is 11.6. The molecule has 0 spiro atoms. The first kappa shape index (κ1) is 21.0. The highest BCUT2D eigenvalue weighted by Gasteiger charge is 2.79. The van der Waals surface area contributed by atoms with Crippen molar-refractivity contribution >= 4 is 8.32 Å². The van der Waals surface area contributed by atoms with Gasteiger partial charge in [0.25, 0.3) is 0 Å². The number of aliphatic hydroxyl groups is 1. The third kappa shape index (κ3) is 2.36. The molecule has 0 aromatic carbocycles. The molecule has 4 heteroatoms. The molecule has 0 unspecified atom stereocenters. The molecule has 5 rings (SSSR count). The molecule has 1 N–H and O–H groups in total. The summed E-state index contributed by atoms with van der Waals surface area (Å²) in [6, 6.07) is 0. The summed E-state index contributed by atoms with van der Waals surface area (Å²) >= 11 is 0. The van der Waals surface area contributed by atoms with Gasteiger partial charge in [0.15, 0.2) is 8.32 Å². The van der Waals surface area contributed by atoms with E-state index in [1.54, 1.807) is 0 Å². The lowest BCUT2D eigenvalue weighted by molar-refractivity contribution is -0.182. The summed E-state index contributed by atoms with van der Waals surface area (Å²) in [4.78, 5) is 0. The first-order valence-corrected chi connectivity index (χ1v) is 15.0. The second kappa shape index (κ2) is 5.35. The second-order valence-electron chi connectivity index (χ2n) is 14.0. The molecule has 3 nitrogen and oxygen atoms in total. The molecule has 1 aliphatic heterocycles. The highest BCUT2D eigenvalue weighted by Crippen LogP contribution is 2.80. The minimum atomic E-state index is -1.79. The molecule has 5 aliphatic rings. The van der Waals surface area contributed by atoms with Crippen LogP contribution in [0.5, 0.6) is 0 Å².